The fourth-order valence-electron chi connectivity index (χ4n) is 3.78. The van der Waals surface area contributed by atoms with Crippen molar-refractivity contribution in [1.29, 1.82) is 0 Å². The lowest BCUT2D eigenvalue weighted by molar-refractivity contribution is -0.385. The fourth-order valence-corrected chi connectivity index (χ4v) is 4.54. The van der Waals surface area contributed by atoms with E-state index in [2.05, 4.69) is 16.0 Å². The highest BCUT2D eigenvalue weighted by Crippen LogP contribution is 2.24. The quantitative estimate of drug-likeness (QED) is 0.0886. The van der Waals surface area contributed by atoms with Crippen molar-refractivity contribution in [2.75, 3.05) is 23.5 Å². The molecule has 0 aliphatic heterocycles. The van der Waals surface area contributed by atoms with Gasteiger partial charge in [0.05, 0.1) is 23.3 Å². The number of ether oxygens (including phenoxy) is 1. The van der Waals surface area contributed by atoms with Gasteiger partial charge in [-0.1, -0.05) is 42.5 Å². The summed E-state index contributed by atoms with van der Waals surface area (Å²) in [5, 5.41) is 19.7. The van der Waals surface area contributed by atoms with Crippen LogP contribution in [0, 0.1) is 10.1 Å². The summed E-state index contributed by atoms with van der Waals surface area (Å²) in [6, 6.07) is 28.0. The zero-order valence-electron chi connectivity index (χ0n) is 22.4. The molecule has 0 fully saturated rings. The van der Waals surface area contributed by atoms with Crippen molar-refractivity contribution in [3.63, 3.8) is 0 Å². The first-order valence-electron chi connectivity index (χ1n) is 12.6. The zero-order chi connectivity index (χ0) is 29.9. The van der Waals surface area contributed by atoms with Crippen LogP contribution in [-0.4, -0.2) is 35.5 Å². The number of hydrogen-bond acceptors (Lipinski definition) is 7. The highest BCUT2D eigenvalue weighted by molar-refractivity contribution is 8.00. The third-order valence-electron chi connectivity index (χ3n) is 5.78. The van der Waals surface area contributed by atoms with Crippen LogP contribution in [0.3, 0.4) is 0 Å². The number of para-hydroxylation sites is 1. The molecule has 0 spiro atoms. The molecule has 0 aromatic heterocycles. The number of nitrogens with zero attached hydrogens (tertiary/aromatic N) is 1. The third-order valence-corrected chi connectivity index (χ3v) is 6.77. The number of nitro groups is 1. The van der Waals surface area contributed by atoms with Crippen LogP contribution in [0.2, 0.25) is 0 Å². The van der Waals surface area contributed by atoms with Crippen LogP contribution >= 0.6 is 11.8 Å². The molecule has 10 nitrogen and oxygen atoms in total. The van der Waals surface area contributed by atoms with Gasteiger partial charge < -0.3 is 20.7 Å². The van der Waals surface area contributed by atoms with Gasteiger partial charge in [-0.15, -0.1) is 11.8 Å². The molecule has 0 atom stereocenters. The highest BCUT2D eigenvalue weighted by Gasteiger charge is 2.18. The summed E-state index contributed by atoms with van der Waals surface area (Å²) >= 11 is 1.27. The number of thioether (sulfide) groups is 1. The lowest BCUT2D eigenvalue weighted by atomic mass is 10.1. The number of benzene rings is 4. The summed E-state index contributed by atoms with van der Waals surface area (Å²) in [7, 11) is 1.55. The van der Waals surface area contributed by atoms with E-state index in [0.29, 0.717) is 27.6 Å². The molecular weight excluding hydrogens is 556 g/mol. The van der Waals surface area contributed by atoms with E-state index in [1.54, 1.807) is 92.0 Å². The number of carbonyl (C=O) groups excluding carboxylic acids is 3. The Morgan fingerprint density at radius 1 is 0.857 bits per heavy atom. The molecule has 11 heteroatoms. The van der Waals surface area contributed by atoms with Crippen molar-refractivity contribution in [3.05, 3.63) is 130 Å². The van der Waals surface area contributed by atoms with Gasteiger partial charge in [0.15, 0.2) is 0 Å². The Bertz CT molecular complexity index is 1640. The molecule has 0 radical (unpaired) electrons. The maximum Gasteiger partial charge on any atom is 0.276 e. The molecule has 0 unspecified atom stereocenters. The minimum Gasteiger partial charge on any atom is -0.497 e. The normalized spacial score (nSPS) is 10.8. The van der Waals surface area contributed by atoms with Crippen molar-refractivity contribution in [2.24, 2.45) is 0 Å². The Morgan fingerprint density at radius 2 is 1.55 bits per heavy atom. The van der Waals surface area contributed by atoms with Crippen molar-refractivity contribution < 1.29 is 24.0 Å². The maximum atomic E-state index is 13.4. The summed E-state index contributed by atoms with van der Waals surface area (Å²) in [5.41, 5.74) is 1.06. The van der Waals surface area contributed by atoms with E-state index in [9.17, 15) is 24.5 Å². The molecule has 0 bridgehead atoms. The summed E-state index contributed by atoms with van der Waals surface area (Å²) < 4.78 is 5.17. The van der Waals surface area contributed by atoms with Gasteiger partial charge in [-0.25, -0.2) is 0 Å². The monoisotopic (exact) mass is 582 g/mol. The van der Waals surface area contributed by atoms with E-state index in [1.807, 2.05) is 0 Å². The van der Waals surface area contributed by atoms with Crippen LogP contribution < -0.4 is 20.7 Å². The number of methoxy groups -OCH3 is 1. The molecule has 4 aromatic carbocycles. The number of hydrogen-bond donors (Lipinski definition) is 3. The van der Waals surface area contributed by atoms with Crippen LogP contribution in [0.1, 0.15) is 15.9 Å². The number of anilines is 2. The van der Waals surface area contributed by atoms with Gasteiger partial charge in [-0.05, 0) is 54.6 Å². The average molecular weight is 583 g/mol. The lowest BCUT2D eigenvalue weighted by Crippen LogP contribution is -2.30. The van der Waals surface area contributed by atoms with Crippen molar-refractivity contribution in [3.8, 4) is 5.75 Å². The van der Waals surface area contributed by atoms with Crippen molar-refractivity contribution in [1.82, 2.24) is 5.32 Å². The van der Waals surface area contributed by atoms with E-state index in [-0.39, 0.29) is 28.6 Å². The second-order valence-corrected chi connectivity index (χ2v) is 9.79. The van der Waals surface area contributed by atoms with E-state index in [1.165, 1.54) is 36.0 Å². The SMILES string of the molecule is COc1cccc(NC(=O)CSc2cccc(NC(=O)/C(=C\c3ccccc3[N+](=O)[O-])NC(=O)c3ccccc3)c2)c1. The largest absolute Gasteiger partial charge is 0.497 e. The van der Waals surface area contributed by atoms with Gasteiger partial charge in [0.1, 0.15) is 11.4 Å². The van der Waals surface area contributed by atoms with Crippen LogP contribution in [0.5, 0.6) is 5.75 Å². The van der Waals surface area contributed by atoms with Gasteiger partial charge in [0.2, 0.25) is 5.91 Å². The topological polar surface area (TPSA) is 140 Å². The van der Waals surface area contributed by atoms with Crippen LogP contribution in [0.25, 0.3) is 6.08 Å². The van der Waals surface area contributed by atoms with Crippen LogP contribution in [0.15, 0.2) is 114 Å². The molecule has 0 saturated carbocycles. The Labute approximate surface area is 245 Å². The first-order valence-corrected chi connectivity index (χ1v) is 13.6. The van der Waals surface area contributed by atoms with Gasteiger partial charge in [0, 0.05) is 34.0 Å². The molecule has 4 aromatic rings. The summed E-state index contributed by atoms with van der Waals surface area (Å²) in [6.07, 6.45) is 1.26. The molecule has 3 N–H and O–H groups in total. The minimum absolute atomic E-state index is 0.116. The maximum absolute atomic E-state index is 13.4. The van der Waals surface area contributed by atoms with Crippen LogP contribution in [0.4, 0.5) is 17.1 Å². The van der Waals surface area contributed by atoms with Crippen molar-refractivity contribution in [2.45, 2.75) is 4.90 Å². The Kier molecular flexibility index (Phi) is 10.1. The molecular formula is C31H26N4O6S. The molecule has 3 amide bonds. The predicted octanol–water partition coefficient (Wildman–Crippen LogP) is 5.74. The lowest BCUT2D eigenvalue weighted by Gasteiger charge is -2.12. The van der Waals surface area contributed by atoms with Gasteiger partial charge in [-0.3, -0.25) is 24.5 Å². The van der Waals surface area contributed by atoms with Crippen LogP contribution in [-0.2, 0) is 9.59 Å². The Morgan fingerprint density at radius 3 is 2.29 bits per heavy atom. The molecule has 0 aliphatic rings. The fraction of sp³-hybridized carbons (Fsp3) is 0.0645. The standard InChI is InChI=1S/C31H26N4O6S/c1-41-25-14-7-12-23(18-25)32-29(36)20-42-26-15-8-13-24(19-26)33-31(38)27(34-30(37)21-9-3-2-4-10-21)17-22-11-5-6-16-28(22)35(39)40/h2-19H,20H2,1H3,(H,32,36)(H,33,38)(H,34,37)/b27-17+. The second-order valence-electron chi connectivity index (χ2n) is 8.74. The summed E-state index contributed by atoms with van der Waals surface area (Å²) in [6.45, 7) is 0. The molecule has 42 heavy (non-hydrogen) atoms. The highest BCUT2D eigenvalue weighted by atomic mass is 32.2. The molecule has 0 aliphatic carbocycles. The van der Waals surface area contributed by atoms with Gasteiger partial charge in [-0.2, -0.15) is 0 Å². The first kappa shape index (κ1) is 29.6. The van der Waals surface area contributed by atoms with E-state index in [0.717, 1.165) is 0 Å². The average Bonchev–Trinajstić information content (AvgIpc) is 3.00. The number of carbonyl (C=O) groups is 3. The van der Waals surface area contributed by atoms with Gasteiger partial charge in [0.25, 0.3) is 17.5 Å². The predicted molar refractivity (Wildman–Crippen MR) is 162 cm³/mol. The Balaban J connectivity index is 1.49. The second kappa shape index (κ2) is 14.3. The van der Waals surface area contributed by atoms with Gasteiger partial charge >= 0.3 is 0 Å². The summed E-state index contributed by atoms with van der Waals surface area (Å²) in [4.78, 5) is 50.4. The zero-order valence-corrected chi connectivity index (χ0v) is 23.2. The minimum atomic E-state index is -0.685. The molecule has 4 rings (SSSR count). The van der Waals surface area contributed by atoms with Crippen molar-refractivity contribution >= 4 is 52.6 Å². The van der Waals surface area contributed by atoms with E-state index in [4.69, 9.17) is 4.74 Å². The number of rotatable bonds is 11. The van der Waals surface area contributed by atoms with E-state index < -0.39 is 16.7 Å². The smallest absolute Gasteiger partial charge is 0.276 e. The molecule has 212 valence electrons. The first-order chi connectivity index (χ1) is 20.3. The molecule has 0 heterocycles. The third kappa shape index (κ3) is 8.29. The number of nitro benzene ring substituents is 1. The molecule has 0 saturated heterocycles. The van der Waals surface area contributed by atoms with E-state index >= 15 is 0 Å². The Hall–Kier alpha value is -5.42. The number of nitrogens with one attached hydrogen (secondary N) is 3. The summed E-state index contributed by atoms with van der Waals surface area (Å²) in [5.74, 6) is -0.720. The number of amides is 3.